The Morgan fingerprint density at radius 3 is 2.71 bits per heavy atom. The number of carbonyl (C=O) groups is 1. The van der Waals surface area contributed by atoms with E-state index in [1.54, 1.807) is 12.1 Å². The number of nitrogens with zero attached hydrogens (tertiary/aromatic N) is 2. The second-order valence-corrected chi connectivity index (χ2v) is 5.94. The summed E-state index contributed by atoms with van der Waals surface area (Å²) in [6, 6.07) is 4.79. The molecule has 1 saturated heterocycles. The van der Waals surface area contributed by atoms with Crippen LogP contribution in [0.25, 0.3) is 11.1 Å². The van der Waals surface area contributed by atoms with Crippen LogP contribution in [0.15, 0.2) is 33.7 Å². The van der Waals surface area contributed by atoms with E-state index in [4.69, 9.17) is 4.52 Å². The monoisotopic (exact) mass is 333 g/mol. The van der Waals surface area contributed by atoms with Crippen LogP contribution in [0.3, 0.4) is 0 Å². The average molecular weight is 333 g/mol. The third-order valence-electron chi connectivity index (χ3n) is 4.13. The summed E-state index contributed by atoms with van der Waals surface area (Å²) in [4.78, 5) is 24.9. The fourth-order valence-corrected chi connectivity index (χ4v) is 2.90. The first-order valence-electron chi connectivity index (χ1n) is 8.04. The fraction of sp³-hybridized carbons (Fsp3) is 0.412. The lowest BCUT2D eigenvalue weighted by atomic mass is 10.1. The second kappa shape index (κ2) is 6.90. The lowest BCUT2D eigenvalue weighted by Crippen LogP contribution is -2.30. The maximum atomic E-state index is 14.5. The van der Waals surface area contributed by atoms with Gasteiger partial charge in [0.1, 0.15) is 12.5 Å². The third kappa shape index (κ3) is 3.50. The molecule has 0 atom stereocenters. The SMILES string of the molecule is CC(=O)NCn1cc(-c2ccc(N3CCCCC3)c(F)c2)c(=O)o1. The smallest absolute Gasteiger partial charge is 0.365 e. The van der Waals surface area contributed by atoms with Gasteiger partial charge in [-0.3, -0.25) is 4.79 Å². The molecule has 1 fully saturated rings. The van der Waals surface area contributed by atoms with Crippen molar-refractivity contribution >= 4 is 11.6 Å². The lowest BCUT2D eigenvalue weighted by Gasteiger charge is -2.29. The number of rotatable bonds is 4. The second-order valence-electron chi connectivity index (χ2n) is 5.94. The number of amides is 1. The van der Waals surface area contributed by atoms with Crippen LogP contribution in [-0.2, 0) is 11.5 Å². The third-order valence-corrected chi connectivity index (χ3v) is 4.13. The van der Waals surface area contributed by atoms with Gasteiger partial charge in [0.05, 0.1) is 17.4 Å². The van der Waals surface area contributed by atoms with Crippen molar-refractivity contribution in [1.82, 2.24) is 10.1 Å². The van der Waals surface area contributed by atoms with E-state index in [1.165, 1.54) is 30.3 Å². The van der Waals surface area contributed by atoms with Gasteiger partial charge in [-0.05, 0) is 37.0 Å². The molecule has 3 rings (SSSR count). The number of hydrogen-bond donors (Lipinski definition) is 1. The molecule has 0 saturated carbocycles. The highest BCUT2D eigenvalue weighted by Gasteiger charge is 2.17. The summed E-state index contributed by atoms with van der Waals surface area (Å²) < 4.78 is 20.7. The van der Waals surface area contributed by atoms with Crippen molar-refractivity contribution < 1.29 is 13.7 Å². The normalized spacial score (nSPS) is 14.7. The van der Waals surface area contributed by atoms with E-state index in [0.717, 1.165) is 25.9 Å². The minimum atomic E-state index is -0.564. The zero-order chi connectivity index (χ0) is 17.1. The molecular weight excluding hydrogens is 313 g/mol. The van der Waals surface area contributed by atoms with Gasteiger partial charge < -0.3 is 14.7 Å². The van der Waals surface area contributed by atoms with E-state index in [1.807, 2.05) is 4.90 Å². The molecule has 0 bridgehead atoms. The Bertz CT molecular complexity index is 791. The summed E-state index contributed by atoms with van der Waals surface area (Å²) in [6.45, 7) is 3.13. The Kier molecular flexibility index (Phi) is 4.69. The number of hydrogen-bond acceptors (Lipinski definition) is 4. The minimum Gasteiger partial charge on any atom is -0.369 e. The topological polar surface area (TPSA) is 67.5 Å². The first-order valence-corrected chi connectivity index (χ1v) is 8.04. The summed E-state index contributed by atoms with van der Waals surface area (Å²) >= 11 is 0. The molecule has 1 amide bonds. The van der Waals surface area contributed by atoms with Gasteiger partial charge in [0.25, 0.3) is 0 Å². The van der Waals surface area contributed by atoms with E-state index in [9.17, 15) is 14.0 Å². The van der Waals surface area contributed by atoms with Crippen LogP contribution >= 0.6 is 0 Å². The van der Waals surface area contributed by atoms with Gasteiger partial charge in [-0.25, -0.2) is 9.18 Å². The number of anilines is 1. The van der Waals surface area contributed by atoms with Crippen molar-refractivity contribution in [1.29, 1.82) is 0 Å². The van der Waals surface area contributed by atoms with Crippen molar-refractivity contribution in [2.75, 3.05) is 18.0 Å². The summed E-state index contributed by atoms with van der Waals surface area (Å²) in [5.74, 6) is -0.576. The van der Waals surface area contributed by atoms with Crippen molar-refractivity contribution in [3.05, 3.63) is 40.6 Å². The Morgan fingerprint density at radius 2 is 2.04 bits per heavy atom. The van der Waals surface area contributed by atoms with Crippen molar-refractivity contribution in [2.24, 2.45) is 0 Å². The van der Waals surface area contributed by atoms with Gasteiger partial charge in [0.15, 0.2) is 0 Å². The molecule has 1 aromatic carbocycles. The predicted molar refractivity (Wildman–Crippen MR) is 88.2 cm³/mol. The molecule has 24 heavy (non-hydrogen) atoms. The van der Waals surface area contributed by atoms with Gasteiger partial charge >= 0.3 is 5.63 Å². The molecule has 2 heterocycles. The van der Waals surface area contributed by atoms with E-state index >= 15 is 0 Å². The zero-order valence-corrected chi connectivity index (χ0v) is 13.5. The average Bonchev–Trinajstić information content (AvgIpc) is 2.94. The molecule has 1 aliphatic heterocycles. The number of benzene rings is 1. The van der Waals surface area contributed by atoms with Crippen LogP contribution in [0, 0.1) is 5.82 Å². The maximum absolute atomic E-state index is 14.5. The number of nitrogens with one attached hydrogen (secondary N) is 1. The standard InChI is InChI=1S/C17H20FN3O3/c1-12(22)19-11-21-10-14(17(23)24-21)13-5-6-16(15(18)9-13)20-7-3-2-4-8-20/h5-6,9-10H,2-4,7-8,11H2,1H3,(H,19,22). The summed E-state index contributed by atoms with van der Waals surface area (Å²) in [5, 5.41) is 2.53. The van der Waals surface area contributed by atoms with Crippen LogP contribution in [-0.4, -0.2) is 23.7 Å². The molecular formula is C17H20FN3O3. The van der Waals surface area contributed by atoms with Crippen LogP contribution in [0.1, 0.15) is 26.2 Å². The Hall–Kier alpha value is -2.57. The van der Waals surface area contributed by atoms with Crippen LogP contribution in [0.5, 0.6) is 0 Å². The van der Waals surface area contributed by atoms with E-state index in [0.29, 0.717) is 11.3 Å². The molecule has 1 aliphatic rings. The van der Waals surface area contributed by atoms with Gasteiger partial charge in [-0.15, -0.1) is 0 Å². The Labute approximate surface area is 138 Å². The Morgan fingerprint density at radius 1 is 1.29 bits per heavy atom. The predicted octanol–water partition coefficient (Wildman–Crippen LogP) is 2.33. The quantitative estimate of drug-likeness (QED) is 0.932. The maximum Gasteiger partial charge on any atom is 0.365 e. The highest BCUT2D eigenvalue weighted by atomic mass is 19.1. The van der Waals surface area contributed by atoms with Crippen molar-refractivity contribution in [2.45, 2.75) is 32.9 Å². The summed E-state index contributed by atoms with van der Waals surface area (Å²) in [5.41, 5.74) is 0.735. The highest BCUT2D eigenvalue weighted by Crippen LogP contribution is 2.27. The molecule has 0 spiro atoms. The number of piperidine rings is 1. The minimum absolute atomic E-state index is 0.0545. The van der Waals surface area contributed by atoms with Gasteiger partial charge in [0.2, 0.25) is 5.91 Å². The summed E-state index contributed by atoms with van der Waals surface area (Å²) in [7, 11) is 0. The molecule has 0 aliphatic carbocycles. The van der Waals surface area contributed by atoms with Crippen molar-refractivity contribution in [3.63, 3.8) is 0 Å². The molecule has 2 aromatic rings. The molecule has 0 radical (unpaired) electrons. The zero-order valence-electron chi connectivity index (χ0n) is 13.5. The highest BCUT2D eigenvalue weighted by molar-refractivity contribution is 5.72. The van der Waals surface area contributed by atoms with Gasteiger partial charge in [-0.1, -0.05) is 6.07 Å². The van der Waals surface area contributed by atoms with Crippen LogP contribution in [0.4, 0.5) is 10.1 Å². The lowest BCUT2D eigenvalue weighted by molar-refractivity contribution is -0.119. The molecule has 6 nitrogen and oxygen atoms in total. The summed E-state index contributed by atoms with van der Waals surface area (Å²) in [6.07, 6.45) is 4.78. The van der Waals surface area contributed by atoms with Gasteiger partial charge in [0, 0.05) is 20.0 Å². The number of aromatic nitrogens is 1. The van der Waals surface area contributed by atoms with Crippen molar-refractivity contribution in [3.8, 4) is 11.1 Å². The van der Waals surface area contributed by atoms with Crippen LogP contribution in [0.2, 0.25) is 0 Å². The molecule has 7 heteroatoms. The molecule has 128 valence electrons. The largest absolute Gasteiger partial charge is 0.369 e. The first kappa shape index (κ1) is 16.3. The molecule has 1 aromatic heterocycles. The fourth-order valence-electron chi connectivity index (χ4n) is 2.90. The van der Waals surface area contributed by atoms with E-state index < -0.39 is 5.63 Å². The van der Waals surface area contributed by atoms with Crippen LogP contribution < -0.4 is 15.8 Å². The first-order chi connectivity index (χ1) is 11.5. The molecule has 1 N–H and O–H groups in total. The Balaban J connectivity index is 1.83. The number of carbonyl (C=O) groups excluding carboxylic acids is 1. The van der Waals surface area contributed by atoms with Gasteiger partial charge in [-0.2, -0.15) is 4.74 Å². The number of halogens is 1. The van der Waals surface area contributed by atoms with E-state index in [-0.39, 0.29) is 24.0 Å². The van der Waals surface area contributed by atoms with E-state index in [2.05, 4.69) is 5.32 Å². The molecule has 0 unspecified atom stereocenters.